The Kier molecular flexibility index (Phi) is 4.37. The molecule has 2 atom stereocenters. The van der Waals surface area contributed by atoms with Gasteiger partial charge in [0.1, 0.15) is 24.4 Å². The van der Waals surface area contributed by atoms with Crippen LogP contribution < -0.4 is 0 Å². The van der Waals surface area contributed by atoms with Crippen molar-refractivity contribution in [2.45, 2.75) is 25.4 Å². The van der Waals surface area contributed by atoms with Gasteiger partial charge in [-0.1, -0.05) is 30.3 Å². The van der Waals surface area contributed by atoms with Crippen molar-refractivity contribution in [1.82, 2.24) is 14.5 Å². The molecule has 5 nitrogen and oxygen atoms in total. The van der Waals surface area contributed by atoms with Crippen LogP contribution in [-0.4, -0.2) is 39.8 Å². The van der Waals surface area contributed by atoms with E-state index in [0.717, 1.165) is 11.1 Å². The molecule has 1 aliphatic rings. The third-order valence-electron chi connectivity index (χ3n) is 5.41. The summed E-state index contributed by atoms with van der Waals surface area (Å²) in [5.41, 5.74) is 3.92. The van der Waals surface area contributed by atoms with Crippen molar-refractivity contribution >= 4 is 22.0 Å². The molecule has 0 bridgehead atoms. The van der Waals surface area contributed by atoms with Gasteiger partial charge in [-0.25, -0.2) is 9.37 Å². The average Bonchev–Trinajstić information content (AvgIpc) is 3.36. The maximum Gasteiger partial charge on any atom is 0.221 e. The first-order valence-electron chi connectivity index (χ1n) is 9.53. The average molecular weight is 379 g/mol. The van der Waals surface area contributed by atoms with Crippen molar-refractivity contribution in [2.75, 3.05) is 13.1 Å². The molecular formula is C22H22FN3O2. The molecule has 28 heavy (non-hydrogen) atoms. The summed E-state index contributed by atoms with van der Waals surface area (Å²) in [5, 5.41) is 1.22. The zero-order valence-corrected chi connectivity index (χ0v) is 15.7. The molecule has 0 radical (unpaired) electrons. The first-order valence-corrected chi connectivity index (χ1v) is 9.53. The fraction of sp³-hybridized carbons (Fsp3) is 0.318. The van der Waals surface area contributed by atoms with Crippen LogP contribution in [0.15, 0.2) is 59.1 Å². The maximum atomic E-state index is 14.5. The van der Waals surface area contributed by atoms with Crippen molar-refractivity contribution in [2.24, 2.45) is 7.05 Å². The number of nitrogens with zero attached hydrogens (tertiary/aromatic N) is 3. The van der Waals surface area contributed by atoms with E-state index >= 15 is 0 Å². The molecule has 0 N–H and O–H groups in total. The summed E-state index contributed by atoms with van der Waals surface area (Å²) in [4.78, 5) is 6.51. The highest BCUT2D eigenvalue weighted by Gasteiger charge is 2.34. The number of fused-ring (bicyclic) bond motifs is 2. The van der Waals surface area contributed by atoms with E-state index in [0.29, 0.717) is 25.5 Å². The molecular weight excluding hydrogens is 357 g/mol. The third-order valence-corrected chi connectivity index (χ3v) is 5.41. The number of ether oxygens (including phenoxy) is 1. The van der Waals surface area contributed by atoms with E-state index in [1.807, 2.05) is 43.4 Å². The largest absolute Gasteiger partial charge is 0.438 e. The van der Waals surface area contributed by atoms with E-state index in [9.17, 15) is 4.39 Å². The molecule has 5 rings (SSSR count). The second kappa shape index (κ2) is 7.04. The number of benzene rings is 2. The van der Waals surface area contributed by atoms with Crippen LogP contribution in [0.2, 0.25) is 0 Å². The molecule has 0 amide bonds. The van der Waals surface area contributed by atoms with Gasteiger partial charge in [0.15, 0.2) is 5.58 Å². The number of hydrogen-bond acceptors (Lipinski definition) is 4. The first kappa shape index (κ1) is 17.4. The van der Waals surface area contributed by atoms with E-state index in [1.165, 1.54) is 16.5 Å². The summed E-state index contributed by atoms with van der Waals surface area (Å²) in [5.74, 6) is 0.487. The highest BCUT2D eigenvalue weighted by molar-refractivity contribution is 5.83. The first-order chi connectivity index (χ1) is 13.7. The summed E-state index contributed by atoms with van der Waals surface area (Å²) in [7, 11) is 2.04. The molecule has 2 aromatic carbocycles. The molecule has 3 heterocycles. The smallest absolute Gasteiger partial charge is 0.221 e. The van der Waals surface area contributed by atoms with E-state index in [4.69, 9.17) is 9.15 Å². The third kappa shape index (κ3) is 3.19. The van der Waals surface area contributed by atoms with E-state index in [1.54, 1.807) is 0 Å². The SMILES string of the molecule is Cn1cc(CN2C[C@@H](F)[C@@H](OCc3nc4ccccc4o3)C2)c2ccccc21. The molecule has 6 heteroatoms. The summed E-state index contributed by atoms with van der Waals surface area (Å²) in [6.45, 7) is 1.83. The molecule has 0 aliphatic carbocycles. The Hall–Kier alpha value is -2.70. The van der Waals surface area contributed by atoms with Crippen molar-refractivity contribution in [3.8, 4) is 0 Å². The van der Waals surface area contributed by atoms with Gasteiger partial charge >= 0.3 is 0 Å². The minimum Gasteiger partial charge on any atom is -0.438 e. The normalized spacial score (nSPS) is 20.5. The number of aryl methyl sites for hydroxylation is 1. The van der Waals surface area contributed by atoms with Crippen molar-refractivity contribution in [3.05, 3.63) is 66.2 Å². The van der Waals surface area contributed by atoms with Crippen molar-refractivity contribution < 1.29 is 13.5 Å². The molecule has 4 aromatic rings. The minimum atomic E-state index is -1.01. The number of rotatable bonds is 5. The number of halogens is 1. The Morgan fingerprint density at radius 2 is 1.96 bits per heavy atom. The lowest BCUT2D eigenvalue weighted by Gasteiger charge is -2.15. The van der Waals surface area contributed by atoms with Crippen LogP contribution in [0.5, 0.6) is 0 Å². The van der Waals surface area contributed by atoms with Crippen LogP contribution in [0, 0.1) is 0 Å². The van der Waals surface area contributed by atoms with Crippen LogP contribution >= 0.6 is 0 Å². The summed E-state index contributed by atoms with van der Waals surface area (Å²) in [6, 6.07) is 15.9. The van der Waals surface area contributed by atoms with E-state index in [2.05, 4.69) is 32.8 Å². The molecule has 0 spiro atoms. The maximum absolute atomic E-state index is 14.5. The number of para-hydroxylation sites is 3. The van der Waals surface area contributed by atoms with Gasteiger partial charge in [-0.05, 0) is 23.8 Å². The highest BCUT2D eigenvalue weighted by atomic mass is 19.1. The van der Waals surface area contributed by atoms with Crippen molar-refractivity contribution in [1.29, 1.82) is 0 Å². The number of hydrogen-bond donors (Lipinski definition) is 0. The van der Waals surface area contributed by atoms with Gasteiger partial charge in [0, 0.05) is 43.8 Å². The number of aromatic nitrogens is 2. The van der Waals surface area contributed by atoms with Crippen LogP contribution in [0.25, 0.3) is 22.0 Å². The number of oxazole rings is 1. The topological polar surface area (TPSA) is 43.4 Å². The molecule has 0 saturated carbocycles. The molecule has 2 aromatic heterocycles. The summed E-state index contributed by atoms with van der Waals surface area (Å²) >= 11 is 0. The standard InChI is InChI=1S/C22H22FN3O2/c1-25-10-15(16-6-2-4-8-19(16)25)11-26-12-17(23)21(13-26)27-14-22-24-18-7-3-5-9-20(18)28-22/h2-10,17,21H,11-14H2,1H3/t17-,21+/m1/s1. The zero-order chi connectivity index (χ0) is 19.1. The van der Waals surface area contributed by atoms with Crippen LogP contribution in [0.1, 0.15) is 11.5 Å². The van der Waals surface area contributed by atoms with Crippen LogP contribution in [0.3, 0.4) is 0 Å². The minimum absolute atomic E-state index is 0.182. The highest BCUT2D eigenvalue weighted by Crippen LogP contribution is 2.25. The Labute approximate surface area is 162 Å². The Morgan fingerprint density at radius 3 is 2.86 bits per heavy atom. The van der Waals surface area contributed by atoms with Gasteiger partial charge in [-0.3, -0.25) is 4.90 Å². The second-order valence-electron chi connectivity index (χ2n) is 7.42. The molecule has 144 valence electrons. The number of likely N-dealkylation sites (tertiary alicyclic amines) is 1. The number of alkyl halides is 1. The predicted octanol–water partition coefficient (Wildman–Crippen LogP) is 4.06. The second-order valence-corrected chi connectivity index (χ2v) is 7.42. The Balaban J connectivity index is 1.24. The van der Waals surface area contributed by atoms with Crippen LogP contribution in [-0.2, 0) is 24.9 Å². The zero-order valence-electron chi connectivity index (χ0n) is 15.7. The van der Waals surface area contributed by atoms with Gasteiger partial charge in [0.05, 0.1) is 0 Å². The lowest BCUT2D eigenvalue weighted by Crippen LogP contribution is -2.24. The van der Waals surface area contributed by atoms with E-state index in [-0.39, 0.29) is 6.61 Å². The fourth-order valence-corrected chi connectivity index (χ4v) is 4.05. The fourth-order valence-electron chi connectivity index (χ4n) is 4.05. The lowest BCUT2D eigenvalue weighted by atomic mass is 10.1. The molecule has 0 unspecified atom stereocenters. The quantitative estimate of drug-likeness (QED) is 0.525. The van der Waals surface area contributed by atoms with Gasteiger partial charge in [0.25, 0.3) is 0 Å². The van der Waals surface area contributed by atoms with Gasteiger partial charge in [-0.2, -0.15) is 0 Å². The monoisotopic (exact) mass is 379 g/mol. The molecule has 1 saturated heterocycles. The lowest BCUT2D eigenvalue weighted by molar-refractivity contribution is 0.00239. The summed E-state index contributed by atoms with van der Waals surface area (Å²) in [6.07, 6.45) is 0.647. The Morgan fingerprint density at radius 1 is 1.14 bits per heavy atom. The summed E-state index contributed by atoms with van der Waals surface area (Å²) < 4.78 is 28.1. The molecule has 1 fully saturated rings. The molecule has 1 aliphatic heterocycles. The predicted molar refractivity (Wildman–Crippen MR) is 106 cm³/mol. The van der Waals surface area contributed by atoms with Crippen molar-refractivity contribution in [3.63, 3.8) is 0 Å². The van der Waals surface area contributed by atoms with E-state index < -0.39 is 12.3 Å². The van der Waals surface area contributed by atoms with Gasteiger partial charge in [-0.15, -0.1) is 0 Å². The van der Waals surface area contributed by atoms with Crippen LogP contribution in [0.4, 0.5) is 4.39 Å². The van der Waals surface area contributed by atoms with Gasteiger partial charge < -0.3 is 13.7 Å². The Bertz CT molecular complexity index is 1090. The van der Waals surface area contributed by atoms with Gasteiger partial charge in [0.2, 0.25) is 5.89 Å².